The van der Waals surface area contributed by atoms with Crippen molar-refractivity contribution in [3.63, 3.8) is 0 Å². The van der Waals surface area contributed by atoms with Crippen molar-refractivity contribution in [1.82, 2.24) is 5.32 Å². The van der Waals surface area contributed by atoms with E-state index >= 15 is 0 Å². The molecule has 0 saturated carbocycles. The second-order valence-electron chi connectivity index (χ2n) is 4.91. The lowest BCUT2D eigenvalue weighted by molar-refractivity contribution is -0.112. The number of hydrogen-bond acceptors (Lipinski definition) is 5. The van der Waals surface area contributed by atoms with Crippen LogP contribution in [0.2, 0.25) is 0 Å². The predicted octanol–water partition coefficient (Wildman–Crippen LogP) is 2.53. The molecule has 0 heterocycles. The van der Waals surface area contributed by atoms with Gasteiger partial charge in [-0.1, -0.05) is 25.5 Å². The van der Waals surface area contributed by atoms with Gasteiger partial charge in [0, 0.05) is 26.0 Å². The summed E-state index contributed by atoms with van der Waals surface area (Å²) in [5, 5.41) is 24.1. The average molecular weight is 317 g/mol. The highest BCUT2D eigenvalue weighted by molar-refractivity contribution is 6.07. The molecule has 124 valence electrons. The van der Waals surface area contributed by atoms with Crippen molar-refractivity contribution in [3.05, 3.63) is 36.0 Å². The van der Waals surface area contributed by atoms with E-state index < -0.39 is 5.91 Å². The van der Waals surface area contributed by atoms with Gasteiger partial charge in [0.15, 0.2) is 0 Å². The van der Waals surface area contributed by atoms with Gasteiger partial charge in [-0.15, -0.1) is 0 Å². The molecule has 1 amide bonds. The zero-order valence-corrected chi connectivity index (χ0v) is 13.3. The van der Waals surface area contributed by atoms with Crippen molar-refractivity contribution >= 4 is 11.6 Å². The number of amides is 1. The van der Waals surface area contributed by atoms with Gasteiger partial charge < -0.3 is 20.5 Å². The molecule has 6 heteroatoms. The molecule has 0 aliphatic carbocycles. The molecule has 23 heavy (non-hydrogen) atoms. The van der Waals surface area contributed by atoms with E-state index in [4.69, 9.17) is 10.00 Å². The van der Waals surface area contributed by atoms with Crippen molar-refractivity contribution < 1.29 is 14.6 Å². The minimum Gasteiger partial charge on any atom is -0.506 e. The van der Waals surface area contributed by atoms with Crippen LogP contribution in [0.1, 0.15) is 26.2 Å². The number of anilines is 1. The molecule has 0 radical (unpaired) electrons. The molecule has 1 rings (SSSR count). The van der Waals surface area contributed by atoms with Gasteiger partial charge in [-0.05, 0) is 25.0 Å². The Kier molecular flexibility index (Phi) is 8.94. The Hall–Kier alpha value is -2.52. The van der Waals surface area contributed by atoms with Crippen LogP contribution in [0.15, 0.2) is 36.0 Å². The average Bonchev–Trinajstić information content (AvgIpc) is 2.55. The lowest BCUT2D eigenvalue weighted by Gasteiger charge is -2.07. The van der Waals surface area contributed by atoms with E-state index in [1.54, 1.807) is 18.2 Å². The number of hydrogen-bond donors (Lipinski definition) is 3. The summed E-state index contributed by atoms with van der Waals surface area (Å²) in [7, 11) is 0. The summed E-state index contributed by atoms with van der Waals surface area (Å²) in [5.74, 6) is -0.615. The summed E-state index contributed by atoms with van der Waals surface area (Å²) in [4.78, 5) is 12.0. The van der Waals surface area contributed by atoms with Crippen molar-refractivity contribution in [2.45, 2.75) is 26.2 Å². The minimum absolute atomic E-state index is 0.0460. The number of nitrogens with zero attached hydrogens (tertiary/aromatic N) is 1. The highest BCUT2D eigenvalue weighted by Gasteiger charge is 2.10. The topological polar surface area (TPSA) is 94.4 Å². The zero-order valence-electron chi connectivity index (χ0n) is 13.3. The molecular weight excluding hydrogens is 294 g/mol. The molecule has 0 atom stereocenters. The Morgan fingerprint density at radius 3 is 2.78 bits per heavy atom. The van der Waals surface area contributed by atoms with E-state index in [-0.39, 0.29) is 17.0 Å². The van der Waals surface area contributed by atoms with Gasteiger partial charge in [0.05, 0.1) is 5.69 Å². The fraction of sp³-hybridized carbons (Fsp3) is 0.412. The van der Waals surface area contributed by atoms with Gasteiger partial charge in [0.25, 0.3) is 5.91 Å². The first-order chi connectivity index (χ1) is 11.2. The van der Waals surface area contributed by atoms with Crippen LogP contribution in [0.5, 0.6) is 5.75 Å². The van der Waals surface area contributed by atoms with Gasteiger partial charge in [-0.25, -0.2) is 0 Å². The molecular formula is C17H23N3O3. The first-order valence-corrected chi connectivity index (χ1v) is 7.69. The minimum atomic E-state index is -0.569. The van der Waals surface area contributed by atoms with Crippen LogP contribution >= 0.6 is 0 Å². The van der Waals surface area contributed by atoms with Crippen LogP contribution in [0.3, 0.4) is 0 Å². The molecule has 1 aromatic carbocycles. The van der Waals surface area contributed by atoms with Crippen molar-refractivity contribution in [2.24, 2.45) is 0 Å². The van der Waals surface area contributed by atoms with Gasteiger partial charge in [-0.2, -0.15) is 5.26 Å². The number of nitrogens with one attached hydrogen (secondary N) is 2. The Morgan fingerprint density at radius 2 is 2.09 bits per heavy atom. The number of phenols is 1. The van der Waals surface area contributed by atoms with E-state index in [0.717, 1.165) is 25.9 Å². The number of unbranched alkanes of at least 4 members (excludes halogenated alkanes) is 1. The number of benzene rings is 1. The molecule has 0 aliphatic heterocycles. The summed E-state index contributed by atoms with van der Waals surface area (Å²) < 4.78 is 5.41. The van der Waals surface area contributed by atoms with Gasteiger partial charge in [0.2, 0.25) is 0 Å². The SMILES string of the molecule is CCCCOCCCN/C=C(/C#N)C(=O)Nc1ccccc1O. The third-order valence-corrected chi connectivity index (χ3v) is 3.02. The first kappa shape index (κ1) is 18.5. The third kappa shape index (κ3) is 7.34. The van der Waals surface area contributed by atoms with Crippen molar-refractivity contribution in [3.8, 4) is 11.8 Å². The van der Waals surface area contributed by atoms with E-state index in [1.165, 1.54) is 12.3 Å². The Balaban J connectivity index is 2.36. The van der Waals surface area contributed by atoms with E-state index in [0.29, 0.717) is 13.2 Å². The molecule has 0 aromatic heterocycles. The van der Waals surface area contributed by atoms with Gasteiger partial charge >= 0.3 is 0 Å². The van der Waals surface area contributed by atoms with Gasteiger partial charge in [-0.3, -0.25) is 4.79 Å². The predicted molar refractivity (Wildman–Crippen MR) is 88.8 cm³/mol. The number of ether oxygens (including phenoxy) is 1. The fourth-order valence-electron chi connectivity index (χ4n) is 1.72. The monoisotopic (exact) mass is 317 g/mol. The molecule has 0 bridgehead atoms. The maximum absolute atomic E-state index is 12.0. The molecule has 0 unspecified atom stereocenters. The largest absolute Gasteiger partial charge is 0.506 e. The number of phenolic OH excluding ortho intramolecular Hbond substituents is 1. The summed E-state index contributed by atoms with van der Waals surface area (Å²) in [6.07, 6.45) is 4.33. The number of para-hydroxylation sites is 2. The molecule has 0 fully saturated rings. The number of nitriles is 1. The second-order valence-corrected chi connectivity index (χ2v) is 4.91. The van der Waals surface area contributed by atoms with Gasteiger partial charge in [0.1, 0.15) is 17.4 Å². The molecule has 3 N–H and O–H groups in total. The Bertz CT molecular complexity index is 564. The summed E-state index contributed by atoms with van der Waals surface area (Å²) in [6.45, 7) is 4.13. The first-order valence-electron chi connectivity index (χ1n) is 7.69. The van der Waals surface area contributed by atoms with Crippen molar-refractivity contribution in [2.75, 3.05) is 25.1 Å². The Morgan fingerprint density at radius 1 is 1.35 bits per heavy atom. The van der Waals surface area contributed by atoms with Crippen LogP contribution in [0.25, 0.3) is 0 Å². The van der Waals surface area contributed by atoms with Crippen LogP contribution in [0.4, 0.5) is 5.69 Å². The summed E-state index contributed by atoms with van der Waals surface area (Å²) >= 11 is 0. The highest BCUT2D eigenvalue weighted by Crippen LogP contribution is 2.21. The number of carbonyl (C=O) groups is 1. The van der Waals surface area contributed by atoms with Crippen molar-refractivity contribution in [1.29, 1.82) is 5.26 Å². The zero-order chi connectivity index (χ0) is 16.9. The maximum atomic E-state index is 12.0. The molecule has 1 aromatic rings. The molecule has 0 saturated heterocycles. The number of carbonyl (C=O) groups excluding carboxylic acids is 1. The van der Waals surface area contributed by atoms with E-state index in [9.17, 15) is 9.90 Å². The Labute approximate surface area is 136 Å². The highest BCUT2D eigenvalue weighted by atomic mass is 16.5. The molecule has 0 aliphatic rings. The standard InChI is InChI=1S/C17H23N3O3/c1-2-3-10-23-11-6-9-19-13-14(12-18)17(22)20-15-7-4-5-8-16(15)21/h4-5,7-8,13,19,21H,2-3,6,9-11H2,1H3,(H,20,22)/b14-13-. The second kappa shape index (κ2) is 11.1. The molecule has 0 spiro atoms. The molecule has 6 nitrogen and oxygen atoms in total. The quantitative estimate of drug-likeness (QED) is 0.267. The van der Waals surface area contributed by atoms with Crippen LogP contribution in [-0.4, -0.2) is 30.8 Å². The number of rotatable bonds is 10. The van der Waals surface area contributed by atoms with Crippen LogP contribution < -0.4 is 10.6 Å². The maximum Gasteiger partial charge on any atom is 0.267 e. The normalized spacial score (nSPS) is 10.9. The van der Waals surface area contributed by atoms with Crippen LogP contribution in [-0.2, 0) is 9.53 Å². The lowest BCUT2D eigenvalue weighted by Crippen LogP contribution is -2.18. The third-order valence-electron chi connectivity index (χ3n) is 3.02. The lowest BCUT2D eigenvalue weighted by atomic mass is 10.2. The van der Waals surface area contributed by atoms with E-state index in [1.807, 2.05) is 6.07 Å². The van der Waals surface area contributed by atoms with E-state index in [2.05, 4.69) is 17.6 Å². The van der Waals surface area contributed by atoms with Crippen LogP contribution in [0, 0.1) is 11.3 Å². The fourth-order valence-corrected chi connectivity index (χ4v) is 1.72. The number of aromatic hydroxyl groups is 1. The summed E-state index contributed by atoms with van der Waals surface area (Å²) in [6, 6.07) is 8.18. The summed E-state index contributed by atoms with van der Waals surface area (Å²) in [5.41, 5.74) is 0.211. The smallest absolute Gasteiger partial charge is 0.267 e.